The molecule has 1 aliphatic heterocycles. The van der Waals surface area contributed by atoms with Crippen LogP contribution in [0.4, 0.5) is 0 Å². The van der Waals surface area contributed by atoms with Gasteiger partial charge in [0.25, 0.3) is 0 Å². The maximum Gasteiger partial charge on any atom is 0.304 e. The maximum atomic E-state index is 11.4. The average Bonchev–Trinajstić information content (AvgIpc) is 3.34. The Morgan fingerprint density at radius 2 is 1.88 bits per heavy atom. The van der Waals surface area contributed by atoms with Crippen LogP contribution in [0.3, 0.4) is 0 Å². The zero-order chi connectivity index (χ0) is 23.6. The molecular formula is C28H35NO4. The van der Waals surface area contributed by atoms with Gasteiger partial charge in [-0.25, -0.2) is 0 Å². The lowest BCUT2D eigenvalue weighted by atomic mass is 9.61. The summed E-state index contributed by atoms with van der Waals surface area (Å²) < 4.78 is 6.11. The highest BCUT2D eigenvalue weighted by molar-refractivity contribution is 5.94. The van der Waals surface area contributed by atoms with Crippen molar-refractivity contribution in [3.8, 4) is 5.75 Å². The monoisotopic (exact) mass is 449 g/mol. The summed E-state index contributed by atoms with van der Waals surface area (Å²) in [5.41, 5.74) is 6.25. The minimum atomic E-state index is -0.843. The molecule has 1 N–H and O–H groups in total. The summed E-state index contributed by atoms with van der Waals surface area (Å²) in [5.74, 6) is -0.340. The quantitative estimate of drug-likeness (QED) is 0.511. The molecule has 2 aliphatic rings. The Bertz CT molecular complexity index is 1040. The molecule has 1 heterocycles. The number of carbonyl (C=O) groups is 1. The summed E-state index contributed by atoms with van der Waals surface area (Å²) in [5, 5.41) is 13.4. The number of carboxylic acid groups (broad SMARTS) is 1. The summed E-state index contributed by atoms with van der Waals surface area (Å²) in [7, 11) is 0. The molecule has 1 aliphatic carbocycles. The SMILES string of the molecule is CCC1(C)CCC(C)(C)c2ccc(COc3ccc([C@H](CC(=O)O)C4=NOCC4)cc3)cc21. The van der Waals surface area contributed by atoms with E-state index < -0.39 is 5.97 Å². The van der Waals surface area contributed by atoms with Crippen molar-refractivity contribution in [2.24, 2.45) is 5.16 Å². The normalized spacial score (nSPS) is 22.1. The lowest BCUT2D eigenvalue weighted by Gasteiger charge is -2.43. The average molecular weight is 450 g/mol. The van der Waals surface area contributed by atoms with Gasteiger partial charge in [-0.15, -0.1) is 0 Å². The largest absolute Gasteiger partial charge is 0.489 e. The molecule has 5 heteroatoms. The van der Waals surface area contributed by atoms with E-state index in [9.17, 15) is 9.90 Å². The Labute approximate surface area is 196 Å². The van der Waals surface area contributed by atoms with Crippen LogP contribution < -0.4 is 4.74 Å². The van der Waals surface area contributed by atoms with Gasteiger partial charge in [-0.1, -0.05) is 63.2 Å². The van der Waals surface area contributed by atoms with Crippen molar-refractivity contribution in [3.05, 3.63) is 64.7 Å². The first-order chi connectivity index (χ1) is 15.7. The first kappa shape index (κ1) is 23.3. The number of fused-ring (bicyclic) bond motifs is 1. The van der Waals surface area contributed by atoms with E-state index in [1.54, 1.807) is 0 Å². The van der Waals surface area contributed by atoms with Gasteiger partial charge < -0.3 is 14.7 Å². The fraction of sp³-hybridized carbons (Fsp3) is 0.500. The number of aliphatic carboxylic acids is 1. The van der Waals surface area contributed by atoms with Gasteiger partial charge in [0.15, 0.2) is 0 Å². The first-order valence-corrected chi connectivity index (χ1v) is 12.0. The summed E-state index contributed by atoms with van der Waals surface area (Å²) in [6.45, 7) is 10.4. The van der Waals surface area contributed by atoms with Crippen molar-refractivity contribution in [3.63, 3.8) is 0 Å². The van der Waals surface area contributed by atoms with Gasteiger partial charge in [0.05, 0.1) is 12.1 Å². The van der Waals surface area contributed by atoms with Crippen LogP contribution in [0.1, 0.15) is 88.0 Å². The minimum Gasteiger partial charge on any atom is -0.489 e. The van der Waals surface area contributed by atoms with Crippen LogP contribution >= 0.6 is 0 Å². The second-order valence-electron chi connectivity index (χ2n) is 10.4. The number of ether oxygens (including phenoxy) is 1. The number of benzene rings is 2. The molecule has 0 bridgehead atoms. The first-order valence-electron chi connectivity index (χ1n) is 12.0. The smallest absolute Gasteiger partial charge is 0.304 e. The molecule has 0 radical (unpaired) electrons. The molecule has 2 atom stereocenters. The van der Waals surface area contributed by atoms with E-state index in [1.165, 1.54) is 29.5 Å². The Balaban J connectivity index is 1.49. The standard InChI is InChI=1S/C28H35NO4/c1-5-28(4)14-13-27(2,3)23-11-6-19(16-24(23)28)18-32-21-9-7-20(8-10-21)22(17-26(30)31)25-12-15-33-29-25/h6-11,16,22H,5,12-15,17-18H2,1-4H3,(H,30,31)/t22-,28?/m0/s1. The molecular weight excluding hydrogens is 414 g/mol. The van der Waals surface area contributed by atoms with Crippen LogP contribution in [0.15, 0.2) is 47.6 Å². The number of oxime groups is 1. The van der Waals surface area contributed by atoms with Crippen LogP contribution in [-0.2, 0) is 27.1 Å². The van der Waals surface area contributed by atoms with Gasteiger partial charge in [0.2, 0.25) is 0 Å². The Morgan fingerprint density at radius 1 is 1.12 bits per heavy atom. The zero-order valence-electron chi connectivity index (χ0n) is 20.2. The summed E-state index contributed by atoms with van der Waals surface area (Å²) >= 11 is 0. The van der Waals surface area contributed by atoms with Crippen LogP contribution in [0.5, 0.6) is 5.75 Å². The predicted molar refractivity (Wildman–Crippen MR) is 130 cm³/mol. The lowest BCUT2D eigenvalue weighted by Crippen LogP contribution is -2.35. The van der Waals surface area contributed by atoms with Crippen molar-refractivity contribution in [2.75, 3.05) is 6.61 Å². The van der Waals surface area contributed by atoms with Crippen molar-refractivity contribution in [2.45, 2.75) is 83.2 Å². The molecule has 33 heavy (non-hydrogen) atoms. The van der Waals surface area contributed by atoms with E-state index in [-0.39, 0.29) is 23.2 Å². The topological polar surface area (TPSA) is 68.1 Å². The Morgan fingerprint density at radius 3 is 2.52 bits per heavy atom. The molecule has 0 spiro atoms. The van der Waals surface area contributed by atoms with Gasteiger partial charge >= 0.3 is 5.97 Å². The van der Waals surface area contributed by atoms with Crippen LogP contribution in [0.2, 0.25) is 0 Å². The Kier molecular flexibility index (Phi) is 6.51. The molecule has 5 nitrogen and oxygen atoms in total. The van der Waals surface area contributed by atoms with Gasteiger partial charge in [-0.3, -0.25) is 4.79 Å². The van der Waals surface area contributed by atoms with Crippen LogP contribution in [0.25, 0.3) is 0 Å². The third kappa shape index (κ3) is 4.92. The van der Waals surface area contributed by atoms with Gasteiger partial charge in [-0.2, -0.15) is 0 Å². The molecule has 1 unspecified atom stereocenters. The molecule has 4 rings (SSSR count). The zero-order valence-corrected chi connectivity index (χ0v) is 20.2. The lowest BCUT2D eigenvalue weighted by molar-refractivity contribution is -0.137. The van der Waals surface area contributed by atoms with E-state index >= 15 is 0 Å². The predicted octanol–water partition coefficient (Wildman–Crippen LogP) is 6.34. The molecule has 2 aromatic carbocycles. The highest BCUT2D eigenvalue weighted by Crippen LogP contribution is 2.47. The second kappa shape index (κ2) is 9.20. The summed E-state index contributed by atoms with van der Waals surface area (Å²) in [6, 6.07) is 14.5. The van der Waals surface area contributed by atoms with Crippen LogP contribution in [-0.4, -0.2) is 23.4 Å². The van der Waals surface area contributed by atoms with E-state index in [2.05, 4.69) is 51.0 Å². The highest BCUT2D eigenvalue weighted by Gasteiger charge is 2.38. The van der Waals surface area contributed by atoms with Crippen molar-refractivity contribution in [1.29, 1.82) is 0 Å². The maximum absolute atomic E-state index is 11.4. The number of carboxylic acids is 1. The van der Waals surface area contributed by atoms with Crippen molar-refractivity contribution >= 4 is 11.7 Å². The number of nitrogens with zero attached hydrogens (tertiary/aromatic N) is 1. The minimum absolute atomic E-state index is 0.00403. The fourth-order valence-corrected chi connectivity index (χ4v) is 5.12. The molecule has 176 valence electrons. The van der Waals surface area contributed by atoms with Crippen molar-refractivity contribution < 1.29 is 19.5 Å². The summed E-state index contributed by atoms with van der Waals surface area (Å²) in [4.78, 5) is 16.5. The van der Waals surface area contributed by atoms with E-state index in [1.807, 2.05) is 24.3 Å². The third-order valence-corrected chi connectivity index (χ3v) is 7.65. The number of rotatable bonds is 8. The van der Waals surface area contributed by atoms with Gasteiger partial charge in [-0.05, 0) is 64.5 Å². The molecule has 0 amide bonds. The highest BCUT2D eigenvalue weighted by atomic mass is 16.6. The fourth-order valence-electron chi connectivity index (χ4n) is 5.12. The van der Waals surface area contributed by atoms with E-state index in [0.29, 0.717) is 19.6 Å². The Hall–Kier alpha value is -2.82. The molecule has 0 aromatic heterocycles. The number of hydrogen-bond donors (Lipinski definition) is 1. The molecule has 0 saturated carbocycles. The molecule has 0 fully saturated rings. The summed E-state index contributed by atoms with van der Waals surface area (Å²) in [6.07, 6.45) is 4.23. The third-order valence-electron chi connectivity index (χ3n) is 7.65. The second-order valence-corrected chi connectivity index (χ2v) is 10.4. The molecule has 0 saturated heterocycles. The van der Waals surface area contributed by atoms with Gasteiger partial charge in [0.1, 0.15) is 19.0 Å². The number of hydrogen-bond acceptors (Lipinski definition) is 4. The molecule has 2 aromatic rings. The van der Waals surface area contributed by atoms with E-state index in [0.717, 1.165) is 23.4 Å². The van der Waals surface area contributed by atoms with Gasteiger partial charge in [0, 0.05) is 12.3 Å². The van der Waals surface area contributed by atoms with Crippen molar-refractivity contribution in [1.82, 2.24) is 0 Å². The van der Waals surface area contributed by atoms with Crippen LogP contribution in [0, 0.1) is 0 Å². The van der Waals surface area contributed by atoms with E-state index in [4.69, 9.17) is 9.57 Å².